The minimum atomic E-state index is -0.0568. The minimum Gasteiger partial charge on any atom is -0.330 e. The van der Waals surface area contributed by atoms with Crippen LogP contribution in [0, 0.1) is 6.92 Å². The van der Waals surface area contributed by atoms with Gasteiger partial charge in [0.1, 0.15) is 0 Å². The maximum Gasteiger partial charge on any atom is 0.274 e. The van der Waals surface area contributed by atoms with E-state index in [1.165, 1.54) is 16.7 Å². The van der Waals surface area contributed by atoms with Crippen molar-refractivity contribution in [2.75, 3.05) is 6.54 Å². The lowest BCUT2D eigenvalue weighted by molar-refractivity contribution is 0.0705. The zero-order valence-corrected chi connectivity index (χ0v) is 16.3. The maximum atomic E-state index is 12.9. The lowest BCUT2D eigenvalue weighted by Gasteiger charge is -2.32. The summed E-state index contributed by atoms with van der Waals surface area (Å²) in [4.78, 5) is 19.1. The van der Waals surface area contributed by atoms with Crippen molar-refractivity contribution in [2.45, 2.75) is 26.3 Å². The van der Waals surface area contributed by atoms with Crippen molar-refractivity contribution in [1.29, 1.82) is 0 Å². The third kappa shape index (κ3) is 3.17. The molecule has 6 heteroatoms. The highest BCUT2D eigenvalue weighted by atomic mass is 79.9. The predicted molar refractivity (Wildman–Crippen MR) is 105 cm³/mol. The summed E-state index contributed by atoms with van der Waals surface area (Å²) in [5.74, 6) is -0.0568. The smallest absolute Gasteiger partial charge is 0.274 e. The zero-order chi connectivity index (χ0) is 18.3. The molecule has 3 aromatic rings. The van der Waals surface area contributed by atoms with Gasteiger partial charge in [-0.2, -0.15) is 5.10 Å². The van der Waals surface area contributed by atoms with Crippen LogP contribution in [0.15, 0.2) is 53.3 Å². The van der Waals surface area contributed by atoms with Crippen LogP contribution in [0.25, 0.3) is 11.2 Å². The quantitative estimate of drug-likeness (QED) is 0.638. The number of carbonyl (C=O) groups is 1. The molecule has 0 bridgehead atoms. The second kappa shape index (κ2) is 6.68. The van der Waals surface area contributed by atoms with Gasteiger partial charge in [0, 0.05) is 31.0 Å². The molecule has 2 aromatic heterocycles. The van der Waals surface area contributed by atoms with E-state index in [-0.39, 0.29) is 11.9 Å². The molecule has 1 amide bonds. The van der Waals surface area contributed by atoms with Crippen LogP contribution in [0.4, 0.5) is 0 Å². The number of carbonyl (C=O) groups excluding carboxylic acids is 1. The van der Waals surface area contributed by atoms with E-state index < -0.39 is 0 Å². The van der Waals surface area contributed by atoms with Crippen molar-refractivity contribution in [3.05, 3.63) is 70.1 Å². The van der Waals surface area contributed by atoms with Crippen molar-refractivity contribution in [1.82, 2.24) is 19.5 Å². The molecule has 0 fully saturated rings. The maximum absolute atomic E-state index is 12.9. The normalized spacial score (nSPS) is 17.4. The highest BCUT2D eigenvalue weighted by Gasteiger charge is 2.27. The third-order valence-electron chi connectivity index (χ3n) is 4.73. The molecule has 0 radical (unpaired) electrons. The van der Waals surface area contributed by atoms with Gasteiger partial charge in [-0.15, -0.1) is 0 Å². The number of halogens is 1. The van der Waals surface area contributed by atoms with E-state index >= 15 is 0 Å². The Labute approximate surface area is 160 Å². The molecule has 1 aliphatic rings. The molecule has 0 saturated heterocycles. The largest absolute Gasteiger partial charge is 0.330 e. The van der Waals surface area contributed by atoms with E-state index in [0.29, 0.717) is 17.9 Å². The Hall–Kier alpha value is -2.47. The zero-order valence-electron chi connectivity index (χ0n) is 14.7. The summed E-state index contributed by atoms with van der Waals surface area (Å²) in [6, 6.07) is 10.4. The minimum absolute atomic E-state index is 0.0568. The van der Waals surface area contributed by atoms with Gasteiger partial charge in [-0.05, 0) is 47.3 Å². The van der Waals surface area contributed by atoms with Crippen LogP contribution in [-0.2, 0) is 0 Å². The molecule has 26 heavy (non-hydrogen) atoms. The number of rotatable bonds is 2. The molecule has 4 rings (SSSR count). The van der Waals surface area contributed by atoms with Gasteiger partial charge in [0.05, 0.1) is 4.47 Å². The lowest BCUT2D eigenvalue weighted by Crippen LogP contribution is -2.41. The molecule has 1 atom stereocenters. The van der Waals surface area contributed by atoms with E-state index in [2.05, 4.69) is 70.2 Å². The molecule has 132 valence electrons. The number of nitrogens with zero attached hydrogens (tertiary/aromatic N) is 4. The second-order valence-electron chi connectivity index (χ2n) is 6.71. The number of hydrogen-bond donors (Lipinski definition) is 0. The first kappa shape index (κ1) is 17.0. The fraction of sp³-hybridized carbons (Fsp3) is 0.250. The Morgan fingerprint density at radius 2 is 2.15 bits per heavy atom. The van der Waals surface area contributed by atoms with Crippen molar-refractivity contribution >= 4 is 33.1 Å². The molecular weight excluding hydrogens is 392 g/mol. The van der Waals surface area contributed by atoms with E-state index in [9.17, 15) is 4.79 Å². The lowest BCUT2D eigenvalue weighted by atomic mass is 9.94. The van der Waals surface area contributed by atoms with Gasteiger partial charge in [0.25, 0.3) is 5.91 Å². The first-order valence-corrected chi connectivity index (χ1v) is 9.38. The first-order valence-electron chi connectivity index (χ1n) is 8.59. The number of hydrogen-bond acceptors (Lipinski definition) is 3. The van der Waals surface area contributed by atoms with Gasteiger partial charge in [-0.1, -0.05) is 35.9 Å². The van der Waals surface area contributed by atoms with E-state index in [0.717, 1.165) is 10.9 Å². The van der Waals surface area contributed by atoms with Gasteiger partial charge < -0.3 is 4.90 Å². The van der Waals surface area contributed by atoms with Crippen molar-refractivity contribution in [3.63, 3.8) is 0 Å². The summed E-state index contributed by atoms with van der Waals surface area (Å²) in [6.45, 7) is 4.78. The van der Waals surface area contributed by atoms with Gasteiger partial charge in [0.2, 0.25) is 0 Å². The summed E-state index contributed by atoms with van der Waals surface area (Å²) in [5.41, 5.74) is 4.88. The van der Waals surface area contributed by atoms with Gasteiger partial charge >= 0.3 is 0 Å². The molecule has 1 aromatic carbocycles. The topological polar surface area (TPSA) is 50.5 Å². The third-order valence-corrected chi connectivity index (χ3v) is 5.14. The second-order valence-corrected chi connectivity index (χ2v) is 7.63. The Morgan fingerprint density at radius 1 is 1.31 bits per heavy atom. The van der Waals surface area contributed by atoms with E-state index in [1.807, 2.05) is 4.90 Å². The Bertz CT molecular complexity index is 1020. The Morgan fingerprint density at radius 3 is 2.92 bits per heavy atom. The summed E-state index contributed by atoms with van der Waals surface area (Å²) in [7, 11) is 0. The van der Waals surface area contributed by atoms with E-state index in [1.54, 1.807) is 23.0 Å². The Kier molecular flexibility index (Phi) is 4.36. The van der Waals surface area contributed by atoms with Crippen molar-refractivity contribution < 1.29 is 4.79 Å². The van der Waals surface area contributed by atoms with Gasteiger partial charge in [-0.25, -0.2) is 9.50 Å². The van der Waals surface area contributed by atoms with Crippen LogP contribution in [0.1, 0.15) is 35.0 Å². The molecular formula is C20H19BrN4O. The highest BCUT2D eigenvalue weighted by Crippen LogP contribution is 2.27. The Balaban J connectivity index is 1.58. The van der Waals surface area contributed by atoms with Gasteiger partial charge in [-0.3, -0.25) is 4.79 Å². The average molecular weight is 411 g/mol. The standard InChI is InChI=1S/C20H19BrN4O/c1-13-4-3-5-15(8-13)16-6-7-24(14(2)9-16)20(26)18-10-19-22-11-17(21)12-25(19)23-18/h3-6,8,10-12,14H,7,9H2,1-2H3. The molecule has 0 N–H and O–H groups in total. The number of aryl methyl sites for hydroxylation is 1. The molecule has 1 unspecified atom stereocenters. The average Bonchev–Trinajstić information content (AvgIpc) is 3.04. The fourth-order valence-electron chi connectivity index (χ4n) is 3.37. The summed E-state index contributed by atoms with van der Waals surface area (Å²) in [6.07, 6.45) is 6.49. The van der Waals surface area contributed by atoms with Gasteiger partial charge in [0.15, 0.2) is 11.3 Å². The van der Waals surface area contributed by atoms with Crippen LogP contribution in [0.2, 0.25) is 0 Å². The van der Waals surface area contributed by atoms with Crippen LogP contribution < -0.4 is 0 Å². The van der Waals surface area contributed by atoms with Crippen LogP contribution >= 0.6 is 15.9 Å². The highest BCUT2D eigenvalue weighted by molar-refractivity contribution is 9.10. The first-order chi connectivity index (χ1) is 12.5. The summed E-state index contributed by atoms with van der Waals surface area (Å²) < 4.78 is 2.45. The summed E-state index contributed by atoms with van der Waals surface area (Å²) >= 11 is 3.37. The van der Waals surface area contributed by atoms with Crippen molar-refractivity contribution in [2.24, 2.45) is 0 Å². The number of benzene rings is 1. The van der Waals surface area contributed by atoms with E-state index in [4.69, 9.17) is 0 Å². The molecule has 5 nitrogen and oxygen atoms in total. The molecule has 0 aliphatic carbocycles. The SMILES string of the molecule is Cc1cccc(C2=CCN(C(=O)c3cc4ncc(Br)cn4n3)C(C)C2)c1. The number of amides is 1. The fourth-order valence-corrected chi connectivity index (χ4v) is 3.67. The molecule has 1 aliphatic heterocycles. The van der Waals surface area contributed by atoms with Crippen LogP contribution in [0.5, 0.6) is 0 Å². The van der Waals surface area contributed by atoms with Crippen LogP contribution in [-0.4, -0.2) is 38.0 Å². The molecule has 0 spiro atoms. The number of aromatic nitrogens is 3. The predicted octanol–water partition coefficient (Wildman–Crippen LogP) is 4.12. The molecule has 3 heterocycles. The molecule has 0 saturated carbocycles. The monoisotopic (exact) mass is 410 g/mol. The number of fused-ring (bicyclic) bond motifs is 1. The summed E-state index contributed by atoms with van der Waals surface area (Å²) in [5, 5.41) is 4.38. The van der Waals surface area contributed by atoms with Crippen molar-refractivity contribution in [3.8, 4) is 0 Å². The van der Waals surface area contributed by atoms with Crippen LogP contribution in [0.3, 0.4) is 0 Å².